The van der Waals surface area contributed by atoms with Gasteiger partial charge in [0.25, 0.3) is 0 Å². The molecule has 2 rings (SSSR count). The minimum absolute atomic E-state index is 0.0488. The lowest BCUT2D eigenvalue weighted by atomic mass is 10.1. The summed E-state index contributed by atoms with van der Waals surface area (Å²) < 4.78 is 10.9. The highest BCUT2D eigenvalue weighted by Gasteiger charge is 2.24. The summed E-state index contributed by atoms with van der Waals surface area (Å²) in [5.41, 5.74) is 0.974. The van der Waals surface area contributed by atoms with Crippen LogP contribution in [0.4, 0.5) is 0 Å². The van der Waals surface area contributed by atoms with E-state index in [0.717, 1.165) is 5.56 Å². The van der Waals surface area contributed by atoms with E-state index in [2.05, 4.69) is 0 Å². The number of ether oxygens (including phenoxy) is 1. The van der Waals surface area contributed by atoms with Crippen LogP contribution < -0.4 is 4.74 Å². The van der Waals surface area contributed by atoms with E-state index in [4.69, 9.17) is 9.15 Å². The Morgan fingerprint density at radius 3 is 2.58 bits per heavy atom. The Morgan fingerprint density at radius 1 is 1.26 bits per heavy atom. The molecule has 0 saturated carbocycles. The van der Waals surface area contributed by atoms with Crippen LogP contribution in [0.2, 0.25) is 0 Å². The Kier molecular flexibility index (Phi) is 3.90. The van der Waals surface area contributed by atoms with Gasteiger partial charge in [-0.3, -0.25) is 4.79 Å². The smallest absolute Gasteiger partial charge is 0.317 e. The molecule has 1 heterocycles. The van der Waals surface area contributed by atoms with Gasteiger partial charge in [-0.25, -0.2) is 0 Å². The molecule has 19 heavy (non-hydrogen) atoms. The van der Waals surface area contributed by atoms with Gasteiger partial charge in [0.1, 0.15) is 29.8 Å². The summed E-state index contributed by atoms with van der Waals surface area (Å²) in [6, 6.07) is 10.9. The van der Waals surface area contributed by atoms with Crippen LogP contribution in [0, 0.1) is 13.8 Å². The third kappa shape index (κ3) is 3.16. The van der Waals surface area contributed by atoms with E-state index in [-0.39, 0.29) is 6.61 Å². The number of aliphatic carboxylic acids is 1. The van der Waals surface area contributed by atoms with Crippen LogP contribution in [-0.4, -0.2) is 17.7 Å². The Balaban J connectivity index is 2.10. The monoisotopic (exact) mass is 260 g/mol. The van der Waals surface area contributed by atoms with E-state index in [1.807, 2.05) is 31.2 Å². The predicted molar refractivity (Wildman–Crippen MR) is 70.5 cm³/mol. The fourth-order valence-electron chi connectivity index (χ4n) is 1.81. The first-order valence-electron chi connectivity index (χ1n) is 6.05. The van der Waals surface area contributed by atoms with Gasteiger partial charge >= 0.3 is 5.97 Å². The van der Waals surface area contributed by atoms with Crippen molar-refractivity contribution < 1.29 is 19.1 Å². The van der Waals surface area contributed by atoms with Crippen LogP contribution >= 0.6 is 0 Å². The predicted octanol–water partition coefficient (Wildman–Crippen LogP) is 3.14. The van der Waals surface area contributed by atoms with E-state index in [1.54, 1.807) is 19.1 Å². The van der Waals surface area contributed by atoms with Gasteiger partial charge in [0.05, 0.1) is 0 Å². The lowest BCUT2D eigenvalue weighted by molar-refractivity contribution is -0.140. The van der Waals surface area contributed by atoms with Crippen LogP contribution in [0.25, 0.3) is 0 Å². The molecule has 4 nitrogen and oxygen atoms in total. The number of carbonyl (C=O) groups is 1. The summed E-state index contributed by atoms with van der Waals surface area (Å²) in [6.07, 6.45) is 0. The summed E-state index contributed by atoms with van der Waals surface area (Å²) in [4.78, 5) is 11.3. The topological polar surface area (TPSA) is 59.7 Å². The molecule has 0 aliphatic carbocycles. The van der Waals surface area contributed by atoms with Crippen molar-refractivity contribution in [1.82, 2.24) is 0 Å². The van der Waals surface area contributed by atoms with Crippen LogP contribution in [0.5, 0.6) is 5.75 Å². The maximum absolute atomic E-state index is 11.3. The third-order valence-corrected chi connectivity index (χ3v) is 2.90. The van der Waals surface area contributed by atoms with Crippen molar-refractivity contribution in [2.45, 2.75) is 19.8 Å². The maximum Gasteiger partial charge on any atom is 0.317 e. The third-order valence-electron chi connectivity index (χ3n) is 2.90. The van der Waals surface area contributed by atoms with Gasteiger partial charge < -0.3 is 14.3 Å². The van der Waals surface area contributed by atoms with E-state index in [1.165, 1.54) is 0 Å². The van der Waals surface area contributed by atoms with E-state index in [0.29, 0.717) is 17.3 Å². The van der Waals surface area contributed by atoms with Gasteiger partial charge in [-0.15, -0.1) is 0 Å². The second kappa shape index (κ2) is 5.61. The molecule has 0 fully saturated rings. The molecule has 1 unspecified atom stereocenters. The number of carboxylic acids is 1. The molecule has 100 valence electrons. The number of aryl methyl sites for hydroxylation is 2. The first-order valence-corrected chi connectivity index (χ1v) is 6.05. The Bertz CT molecular complexity index is 571. The van der Waals surface area contributed by atoms with Crippen molar-refractivity contribution in [2.24, 2.45) is 0 Å². The Labute approximate surface area is 111 Å². The molecule has 0 aliphatic rings. The maximum atomic E-state index is 11.3. The number of rotatable bonds is 5. The first-order chi connectivity index (χ1) is 9.08. The number of hydrogen-bond donors (Lipinski definition) is 1. The van der Waals surface area contributed by atoms with Gasteiger partial charge in [-0.2, -0.15) is 0 Å². The van der Waals surface area contributed by atoms with Crippen molar-refractivity contribution in [3.63, 3.8) is 0 Å². The SMILES string of the molecule is Cc1ccc(C(COc2ccccc2C)C(=O)O)o1. The van der Waals surface area contributed by atoms with Crippen LogP contribution in [-0.2, 0) is 4.79 Å². The summed E-state index contributed by atoms with van der Waals surface area (Å²) in [5, 5.41) is 9.24. The normalized spacial score (nSPS) is 12.1. The van der Waals surface area contributed by atoms with Gasteiger partial charge in [0.15, 0.2) is 0 Å². The molecule has 0 saturated heterocycles. The highest BCUT2D eigenvalue weighted by atomic mass is 16.5. The van der Waals surface area contributed by atoms with Crippen molar-refractivity contribution >= 4 is 5.97 Å². The fourth-order valence-corrected chi connectivity index (χ4v) is 1.81. The minimum atomic E-state index is -0.956. The number of para-hydroxylation sites is 1. The second-order valence-electron chi connectivity index (χ2n) is 4.42. The van der Waals surface area contributed by atoms with Crippen molar-refractivity contribution in [2.75, 3.05) is 6.61 Å². The van der Waals surface area contributed by atoms with E-state index < -0.39 is 11.9 Å². The lowest BCUT2D eigenvalue weighted by Gasteiger charge is -2.13. The summed E-state index contributed by atoms with van der Waals surface area (Å²) in [5.74, 6) is 0.0454. The summed E-state index contributed by atoms with van der Waals surface area (Å²) in [6.45, 7) is 3.75. The summed E-state index contributed by atoms with van der Waals surface area (Å²) >= 11 is 0. The highest BCUT2D eigenvalue weighted by Crippen LogP contribution is 2.22. The van der Waals surface area contributed by atoms with Crippen molar-refractivity contribution in [1.29, 1.82) is 0 Å². The molecule has 1 aromatic heterocycles. The zero-order valence-corrected chi connectivity index (χ0v) is 10.9. The van der Waals surface area contributed by atoms with Gasteiger partial charge in [0, 0.05) is 0 Å². The van der Waals surface area contributed by atoms with Gasteiger partial charge in [-0.1, -0.05) is 18.2 Å². The van der Waals surface area contributed by atoms with Crippen molar-refractivity contribution in [3.8, 4) is 5.75 Å². The molecule has 1 atom stereocenters. The average molecular weight is 260 g/mol. The number of hydrogen-bond acceptors (Lipinski definition) is 3. The quantitative estimate of drug-likeness (QED) is 0.897. The highest BCUT2D eigenvalue weighted by molar-refractivity contribution is 5.75. The molecule has 2 aromatic rings. The second-order valence-corrected chi connectivity index (χ2v) is 4.42. The Hall–Kier alpha value is -2.23. The summed E-state index contributed by atoms with van der Waals surface area (Å²) in [7, 11) is 0. The zero-order chi connectivity index (χ0) is 13.8. The average Bonchev–Trinajstić information content (AvgIpc) is 2.78. The van der Waals surface area contributed by atoms with Crippen LogP contribution in [0.3, 0.4) is 0 Å². The van der Waals surface area contributed by atoms with Gasteiger partial charge in [0.2, 0.25) is 0 Å². The molecule has 0 bridgehead atoms. The number of benzene rings is 1. The largest absolute Gasteiger partial charge is 0.492 e. The van der Waals surface area contributed by atoms with Crippen molar-refractivity contribution in [3.05, 3.63) is 53.5 Å². The van der Waals surface area contributed by atoms with E-state index in [9.17, 15) is 9.90 Å². The first kappa shape index (κ1) is 13.2. The molecule has 0 aliphatic heterocycles. The standard InChI is InChI=1S/C15H16O4/c1-10-5-3-4-6-13(10)18-9-12(15(16)17)14-8-7-11(2)19-14/h3-8,12H,9H2,1-2H3,(H,16,17). The number of furan rings is 1. The molecule has 1 N–H and O–H groups in total. The molecule has 0 amide bonds. The molecule has 4 heteroatoms. The molecule has 0 radical (unpaired) electrons. The molecular weight excluding hydrogens is 244 g/mol. The minimum Gasteiger partial charge on any atom is -0.492 e. The molecule has 1 aromatic carbocycles. The van der Waals surface area contributed by atoms with E-state index >= 15 is 0 Å². The molecular formula is C15H16O4. The van der Waals surface area contributed by atoms with Gasteiger partial charge in [-0.05, 0) is 37.6 Å². The van der Waals surface area contributed by atoms with Crippen LogP contribution in [0.1, 0.15) is 23.0 Å². The fraction of sp³-hybridized carbons (Fsp3) is 0.267. The lowest BCUT2D eigenvalue weighted by Crippen LogP contribution is -2.19. The Morgan fingerprint density at radius 2 is 2.00 bits per heavy atom. The van der Waals surface area contributed by atoms with Crippen LogP contribution in [0.15, 0.2) is 40.8 Å². The number of carboxylic acid groups (broad SMARTS) is 1. The molecule has 0 spiro atoms. The zero-order valence-electron chi connectivity index (χ0n) is 10.9.